The number of methoxy groups -OCH3 is 1. The molecular formula is C27H42O8. The van der Waals surface area contributed by atoms with Gasteiger partial charge in [0.1, 0.15) is 18.3 Å². The molecule has 1 aliphatic heterocycles. The number of esters is 1. The van der Waals surface area contributed by atoms with Crippen molar-refractivity contribution in [3.05, 3.63) is 24.3 Å². The van der Waals surface area contributed by atoms with E-state index in [-0.39, 0.29) is 23.4 Å². The van der Waals surface area contributed by atoms with Gasteiger partial charge in [0.25, 0.3) is 0 Å². The lowest BCUT2D eigenvalue weighted by molar-refractivity contribution is -0.306. The van der Waals surface area contributed by atoms with Crippen molar-refractivity contribution in [2.45, 2.75) is 96.1 Å². The Morgan fingerprint density at radius 2 is 1.86 bits per heavy atom. The lowest BCUT2D eigenvalue weighted by Gasteiger charge is -2.61. The number of aliphatic hydroxyl groups excluding tert-OH is 4. The SMILES string of the molecule is C=CC1(C)CCC2C(=CCC3C(C)(COC4OC(C(=O)OC)C(O)C(O)C4O)C(O)CCC23C)C1. The normalized spacial score (nSPS) is 49.9. The Morgan fingerprint density at radius 3 is 2.51 bits per heavy atom. The molecule has 3 fully saturated rings. The van der Waals surface area contributed by atoms with E-state index in [1.165, 1.54) is 5.57 Å². The maximum atomic E-state index is 12.0. The lowest BCUT2D eigenvalue weighted by Crippen LogP contribution is -2.62. The van der Waals surface area contributed by atoms with Crippen molar-refractivity contribution in [1.29, 1.82) is 0 Å². The molecule has 1 heterocycles. The van der Waals surface area contributed by atoms with Gasteiger partial charge in [-0.3, -0.25) is 0 Å². The second-order valence-electron chi connectivity index (χ2n) is 12.0. The highest BCUT2D eigenvalue weighted by Crippen LogP contribution is 2.63. The van der Waals surface area contributed by atoms with E-state index >= 15 is 0 Å². The van der Waals surface area contributed by atoms with E-state index in [4.69, 9.17) is 9.47 Å². The zero-order chi connectivity index (χ0) is 25.8. The Kier molecular flexibility index (Phi) is 7.30. The Bertz CT molecular complexity index is 858. The van der Waals surface area contributed by atoms with Gasteiger partial charge in [-0.1, -0.05) is 38.5 Å². The van der Waals surface area contributed by atoms with Crippen LogP contribution in [0.15, 0.2) is 24.3 Å². The first-order valence-corrected chi connectivity index (χ1v) is 12.8. The summed E-state index contributed by atoms with van der Waals surface area (Å²) < 4.78 is 16.2. The molecule has 4 rings (SSSR count). The Balaban J connectivity index is 1.55. The van der Waals surface area contributed by atoms with Crippen molar-refractivity contribution in [1.82, 2.24) is 0 Å². The molecule has 0 aromatic heterocycles. The fourth-order valence-electron chi connectivity index (χ4n) is 7.40. The number of hydrogen-bond acceptors (Lipinski definition) is 8. The van der Waals surface area contributed by atoms with Crippen LogP contribution in [-0.2, 0) is 19.0 Å². The molecule has 0 aromatic carbocycles. The number of rotatable bonds is 5. The lowest BCUT2D eigenvalue weighted by atomic mass is 9.45. The summed E-state index contributed by atoms with van der Waals surface area (Å²) >= 11 is 0. The van der Waals surface area contributed by atoms with Crippen molar-refractivity contribution in [3.63, 3.8) is 0 Å². The maximum absolute atomic E-state index is 12.0. The highest BCUT2D eigenvalue weighted by Gasteiger charge is 2.59. The molecule has 4 N–H and O–H groups in total. The third-order valence-corrected chi connectivity index (χ3v) is 9.84. The van der Waals surface area contributed by atoms with E-state index in [0.717, 1.165) is 39.2 Å². The average Bonchev–Trinajstić information content (AvgIpc) is 2.84. The first kappa shape index (κ1) is 26.8. The molecule has 0 amide bonds. The van der Waals surface area contributed by atoms with Crippen LogP contribution in [0, 0.1) is 28.1 Å². The Labute approximate surface area is 208 Å². The van der Waals surface area contributed by atoms with Crippen molar-refractivity contribution in [2.24, 2.45) is 28.1 Å². The van der Waals surface area contributed by atoms with E-state index in [1.807, 2.05) is 6.92 Å². The highest BCUT2D eigenvalue weighted by molar-refractivity contribution is 5.75. The van der Waals surface area contributed by atoms with E-state index in [0.29, 0.717) is 12.3 Å². The van der Waals surface area contributed by atoms with Gasteiger partial charge in [0.15, 0.2) is 12.4 Å². The third-order valence-electron chi connectivity index (χ3n) is 9.84. The molecular weight excluding hydrogens is 452 g/mol. The van der Waals surface area contributed by atoms with Crippen LogP contribution in [-0.4, -0.2) is 76.9 Å². The largest absolute Gasteiger partial charge is 0.467 e. The van der Waals surface area contributed by atoms with E-state index < -0.39 is 48.2 Å². The van der Waals surface area contributed by atoms with Gasteiger partial charge in [0.2, 0.25) is 0 Å². The molecule has 0 bridgehead atoms. The summed E-state index contributed by atoms with van der Waals surface area (Å²) in [6.07, 6.45) is 1.82. The van der Waals surface area contributed by atoms with Gasteiger partial charge in [-0.15, -0.1) is 6.58 Å². The molecule has 0 aromatic rings. The first-order chi connectivity index (χ1) is 16.4. The minimum atomic E-state index is -1.63. The Morgan fingerprint density at radius 1 is 1.14 bits per heavy atom. The molecule has 11 atom stereocenters. The summed E-state index contributed by atoms with van der Waals surface area (Å²) in [5, 5.41) is 42.1. The first-order valence-electron chi connectivity index (χ1n) is 12.8. The topological polar surface area (TPSA) is 126 Å². The second kappa shape index (κ2) is 9.54. The molecule has 8 nitrogen and oxygen atoms in total. The standard InChI is InChI=1S/C27H42O8/c1-6-25(2)11-9-16-15(13-25)7-8-17-26(16,3)12-10-18(28)27(17,4)14-34-24-21(31)19(29)20(30)22(35-24)23(32)33-5/h6-7,16-22,24,28-31H,1,8-14H2,2-5H3. The summed E-state index contributed by atoms with van der Waals surface area (Å²) in [6, 6.07) is 0. The van der Waals surface area contributed by atoms with E-state index in [2.05, 4.69) is 37.3 Å². The van der Waals surface area contributed by atoms with Crippen LogP contribution in [0.3, 0.4) is 0 Å². The van der Waals surface area contributed by atoms with Crippen LogP contribution in [0.2, 0.25) is 0 Å². The van der Waals surface area contributed by atoms with Crippen LogP contribution in [0.25, 0.3) is 0 Å². The molecule has 0 radical (unpaired) electrons. The summed E-state index contributed by atoms with van der Waals surface area (Å²) in [7, 11) is 1.15. The number of allylic oxidation sites excluding steroid dienone is 3. The van der Waals surface area contributed by atoms with Crippen molar-refractivity contribution in [3.8, 4) is 0 Å². The fourth-order valence-corrected chi connectivity index (χ4v) is 7.40. The van der Waals surface area contributed by atoms with Gasteiger partial charge in [-0.2, -0.15) is 0 Å². The van der Waals surface area contributed by atoms with Gasteiger partial charge in [-0.05, 0) is 61.2 Å². The summed E-state index contributed by atoms with van der Waals surface area (Å²) in [6.45, 7) is 10.8. The summed E-state index contributed by atoms with van der Waals surface area (Å²) in [5.41, 5.74) is 1.00. The minimum absolute atomic E-state index is 0.000219. The number of carbonyl (C=O) groups is 1. The van der Waals surface area contributed by atoms with Gasteiger partial charge in [0, 0.05) is 5.41 Å². The molecule has 4 aliphatic rings. The predicted octanol–water partition coefficient (Wildman–Crippen LogP) is 2.09. The van der Waals surface area contributed by atoms with Gasteiger partial charge in [0.05, 0.1) is 19.8 Å². The Hall–Kier alpha value is -1.29. The monoisotopic (exact) mass is 494 g/mol. The number of hydrogen-bond donors (Lipinski definition) is 4. The molecule has 35 heavy (non-hydrogen) atoms. The van der Waals surface area contributed by atoms with Crippen LogP contribution < -0.4 is 0 Å². The van der Waals surface area contributed by atoms with E-state index in [1.54, 1.807) is 0 Å². The summed E-state index contributed by atoms with van der Waals surface area (Å²) in [4.78, 5) is 12.0. The van der Waals surface area contributed by atoms with Crippen LogP contribution >= 0.6 is 0 Å². The minimum Gasteiger partial charge on any atom is -0.467 e. The van der Waals surface area contributed by atoms with E-state index in [9.17, 15) is 25.2 Å². The van der Waals surface area contributed by atoms with Crippen LogP contribution in [0.4, 0.5) is 0 Å². The van der Waals surface area contributed by atoms with Crippen molar-refractivity contribution in [2.75, 3.05) is 13.7 Å². The number of carbonyl (C=O) groups excluding carboxylic acids is 1. The summed E-state index contributed by atoms with van der Waals surface area (Å²) in [5.74, 6) is -0.270. The molecule has 3 aliphatic carbocycles. The maximum Gasteiger partial charge on any atom is 0.337 e. The number of ether oxygens (including phenoxy) is 3. The van der Waals surface area contributed by atoms with Gasteiger partial charge in [-0.25, -0.2) is 4.79 Å². The second-order valence-corrected chi connectivity index (χ2v) is 12.0. The molecule has 8 heteroatoms. The molecule has 11 unspecified atom stereocenters. The third kappa shape index (κ3) is 4.40. The highest BCUT2D eigenvalue weighted by atomic mass is 16.7. The predicted molar refractivity (Wildman–Crippen MR) is 128 cm³/mol. The molecule has 1 saturated heterocycles. The molecule has 198 valence electrons. The quantitative estimate of drug-likeness (QED) is 0.338. The average molecular weight is 495 g/mol. The van der Waals surface area contributed by atoms with Crippen LogP contribution in [0.5, 0.6) is 0 Å². The smallest absolute Gasteiger partial charge is 0.337 e. The number of aliphatic hydroxyl groups is 4. The molecule has 0 spiro atoms. The van der Waals surface area contributed by atoms with Crippen molar-refractivity contribution < 1.29 is 39.4 Å². The zero-order valence-electron chi connectivity index (χ0n) is 21.4. The van der Waals surface area contributed by atoms with Gasteiger partial charge >= 0.3 is 5.97 Å². The zero-order valence-corrected chi connectivity index (χ0v) is 21.4. The van der Waals surface area contributed by atoms with Crippen LogP contribution in [0.1, 0.15) is 59.3 Å². The number of fused-ring (bicyclic) bond motifs is 3. The molecule has 2 saturated carbocycles. The van der Waals surface area contributed by atoms with Crippen molar-refractivity contribution >= 4 is 5.97 Å². The van der Waals surface area contributed by atoms with Gasteiger partial charge < -0.3 is 34.6 Å². The fraction of sp³-hybridized carbons (Fsp3) is 0.815.